The Morgan fingerprint density at radius 2 is 1.35 bits per heavy atom. The molecule has 0 aliphatic rings. The molecular formula is C21H19ClN2O6S. The molecule has 1 aromatic carbocycles. The van der Waals surface area contributed by atoms with Gasteiger partial charge in [-0.25, -0.2) is 23.0 Å². The molecule has 0 bridgehead atoms. The van der Waals surface area contributed by atoms with Gasteiger partial charge in [0, 0.05) is 24.2 Å². The average Bonchev–Trinajstić information content (AvgIpc) is 2.78. The van der Waals surface area contributed by atoms with Crippen molar-refractivity contribution in [2.75, 3.05) is 20.5 Å². The standard InChI is InChI=1S/C14H13NO4S.C7H6ClNO2/c1-19-14(16)11-7-8-15-13(9-11)10-3-5-12(6-4-10)20(2,17)18;1-11-7(10)5-2-3-9-6(8)4-5/h3-9H,1-2H3;2-4H,1H3. The van der Waals surface area contributed by atoms with Gasteiger partial charge >= 0.3 is 11.9 Å². The summed E-state index contributed by atoms with van der Waals surface area (Å²) in [5.74, 6) is -0.851. The molecular weight excluding hydrogens is 444 g/mol. The van der Waals surface area contributed by atoms with Gasteiger partial charge in [0.1, 0.15) is 5.15 Å². The first-order valence-corrected chi connectivity index (χ1v) is 11.0. The van der Waals surface area contributed by atoms with E-state index in [1.807, 2.05) is 0 Å². The minimum absolute atomic E-state index is 0.241. The fourth-order valence-corrected chi connectivity index (χ4v) is 3.16. The van der Waals surface area contributed by atoms with E-state index < -0.39 is 21.8 Å². The molecule has 2 aromatic heterocycles. The van der Waals surface area contributed by atoms with Gasteiger partial charge in [0.2, 0.25) is 0 Å². The van der Waals surface area contributed by atoms with Crippen molar-refractivity contribution >= 4 is 33.4 Å². The molecule has 0 atom stereocenters. The van der Waals surface area contributed by atoms with Crippen LogP contribution in [0.4, 0.5) is 0 Å². The number of halogens is 1. The number of sulfone groups is 1. The van der Waals surface area contributed by atoms with Gasteiger partial charge in [0.25, 0.3) is 0 Å². The number of aromatic nitrogens is 2. The molecule has 0 spiro atoms. The summed E-state index contributed by atoms with van der Waals surface area (Å²) >= 11 is 5.53. The minimum atomic E-state index is -3.22. The topological polar surface area (TPSA) is 113 Å². The number of hydrogen-bond donors (Lipinski definition) is 0. The molecule has 2 heterocycles. The minimum Gasteiger partial charge on any atom is -0.465 e. The summed E-state index contributed by atoms with van der Waals surface area (Å²) in [7, 11) is -0.597. The highest BCUT2D eigenvalue weighted by Crippen LogP contribution is 2.20. The summed E-state index contributed by atoms with van der Waals surface area (Å²) in [6.45, 7) is 0. The van der Waals surface area contributed by atoms with Crippen molar-refractivity contribution < 1.29 is 27.5 Å². The molecule has 0 N–H and O–H groups in total. The maximum atomic E-state index is 11.5. The molecule has 8 nitrogen and oxygen atoms in total. The summed E-state index contributed by atoms with van der Waals surface area (Å²) in [5, 5.41) is 0.285. The third-order valence-corrected chi connectivity index (χ3v) is 5.24. The number of ether oxygens (including phenoxy) is 2. The van der Waals surface area contributed by atoms with Gasteiger partial charge in [-0.3, -0.25) is 4.98 Å². The third-order valence-electron chi connectivity index (χ3n) is 3.91. The Morgan fingerprint density at radius 1 is 0.839 bits per heavy atom. The Bertz CT molecular complexity index is 1180. The summed E-state index contributed by atoms with van der Waals surface area (Å²) in [6.07, 6.45) is 4.11. The highest BCUT2D eigenvalue weighted by atomic mass is 35.5. The number of pyridine rings is 2. The lowest BCUT2D eigenvalue weighted by atomic mass is 10.1. The highest BCUT2D eigenvalue weighted by Gasteiger charge is 2.10. The monoisotopic (exact) mass is 462 g/mol. The van der Waals surface area contributed by atoms with Gasteiger partial charge in [-0.15, -0.1) is 0 Å². The fourth-order valence-electron chi connectivity index (χ4n) is 2.35. The van der Waals surface area contributed by atoms with E-state index in [1.54, 1.807) is 24.3 Å². The smallest absolute Gasteiger partial charge is 0.338 e. The van der Waals surface area contributed by atoms with Crippen LogP contribution < -0.4 is 0 Å². The van der Waals surface area contributed by atoms with Crippen LogP contribution in [0.25, 0.3) is 11.3 Å². The van der Waals surface area contributed by atoms with E-state index in [0.29, 0.717) is 16.8 Å². The van der Waals surface area contributed by atoms with Crippen LogP contribution >= 0.6 is 11.6 Å². The van der Waals surface area contributed by atoms with Gasteiger partial charge in [-0.1, -0.05) is 23.7 Å². The normalized spacial score (nSPS) is 10.5. The molecule has 0 radical (unpaired) electrons. The van der Waals surface area contributed by atoms with Gasteiger partial charge in [0.15, 0.2) is 9.84 Å². The van der Waals surface area contributed by atoms with Crippen molar-refractivity contribution in [2.24, 2.45) is 0 Å². The quantitative estimate of drug-likeness (QED) is 0.428. The van der Waals surface area contributed by atoms with E-state index in [2.05, 4.69) is 19.4 Å². The van der Waals surface area contributed by atoms with Crippen LogP contribution in [0, 0.1) is 0 Å². The van der Waals surface area contributed by atoms with Crippen molar-refractivity contribution in [3.8, 4) is 11.3 Å². The summed E-state index contributed by atoms with van der Waals surface area (Å²) in [5.41, 5.74) is 2.10. The molecule has 0 saturated carbocycles. The second-order valence-corrected chi connectivity index (χ2v) is 8.48. The molecule has 3 aromatic rings. The summed E-state index contributed by atoms with van der Waals surface area (Å²) in [6, 6.07) is 12.5. The van der Waals surface area contributed by atoms with Gasteiger partial charge < -0.3 is 9.47 Å². The fraction of sp³-hybridized carbons (Fsp3) is 0.143. The van der Waals surface area contributed by atoms with Crippen molar-refractivity contribution in [3.05, 3.63) is 77.2 Å². The SMILES string of the molecule is COC(=O)c1ccnc(-c2ccc(S(C)(=O)=O)cc2)c1.COC(=O)c1ccnc(Cl)c1. The lowest BCUT2D eigenvalue weighted by molar-refractivity contribution is 0.0592. The van der Waals surface area contributed by atoms with E-state index in [0.717, 1.165) is 11.8 Å². The number of methoxy groups -OCH3 is 2. The zero-order chi connectivity index (χ0) is 23.0. The molecule has 0 unspecified atom stereocenters. The van der Waals surface area contributed by atoms with Gasteiger partial charge in [0.05, 0.1) is 35.9 Å². The predicted molar refractivity (Wildman–Crippen MR) is 115 cm³/mol. The van der Waals surface area contributed by atoms with E-state index in [9.17, 15) is 18.0 Å². The molecule has 31 heavy (non-hydrogen) atoms. The average molecular weight is 463 g/mol. The highest BCUT2D eigenvalue weighted by molar-refractivity contribution is 7.90. The molecule has 3 rings (SSSR count). The molecule has 10 heteroatoms. The van der Waals surface area contributed by atoms with Crippen LogP contribution in [-0.2, 0) is 19.3 Å². The molecule has 0 fully saturated rings. The van der Waals surface area contributed by atoms with Crippen molar-refractivity contribution in [2.45, 2.75) is 4.90 Å². The number of hydrogen-bond acceptors (Lipinski definition) is 8. The lowest BCUT2D eigenvalue weighted by Gasteiger charge is -2.04. The summed E-state index contributed by atoms with van der Waals surface area (Å²) < 4.78 is 31.9. The Morgan fingerprint density at radius 3 is 1.84 bits per heavy atom. The Balaban J connectivity index is 0.000000262. The number of rotatable bonds is 4. The Kier molecular flexibility index (Phi) is 8.23. The van der Waals surface area contributed by atoms with Gasteiger partial charge in [-0.2, -0.15) is 0 Å². The largest absolute Gasteiger partial charge is 0.465 e. The van der Waals surface area contributed by atoms with E-state index >= 15 is 0 Å². The Labute approximate surface area is 184 Å². The van der Waals surface area contributed by atoms with E-state index in [1.165, 1.54) is 50.9 Å². The zero-order valence-corrected chi connectivity index (χ0v) is 18.5. The molecule has 0 aliphatic heterocycles. The second-order valence-electron chi connectivity index (χ2n) is 6.08. The molecule has 0 amide bonds. The molecule has 0 saturated heterocycles. The zero-order valence-electron chi connectivity index (χ0n) is 16.9. The number of carbonyl (C=O) groups is 2. The van der Waals surface area contributed by atoms with Crippen molar-refractivity contribution in [1.29, 1.82) is 0 Å². The van der Waals surface area contributed by atoms with Crippen LogP contribution in [0.3, 0.4) is 0 Å². The van der Waals surface area contributed by atoms with Crippen LogP contribution in [0.2, 0.25) is 5.15 Å². The molecule has 162 valence electrons. The maximum absolute atomic E-state index is 11.5. The number of carbonyl (C=O) groups excluding carboxylic acids is 2. The van der Waals surface area contributed by atoms with Gasteiger partial charge in [-0.05, 0) is 36.4 Å². The number of nitrogens with zero attached hydrogens (tertiary/aromatic N) is 2. The first-order chi connectivity index (χ1) is 14.7. The summed E-state index contributed by atoms with van der Waals surface area (Å²) in [4.78, 5) is 30.4. The van der Waals surface area contributed by atoms with Crippen molar-refractivity contribution in [1.82, 2.24) is 9.97 Å². The van der Waals surface area contributed by atoms with E-state index in [-0.39, 0.29) is 10.0 Å². The van der Waals surface area contributed by atoms with E-state index in [4.69, 9.17) is 11.6 Å². The third kappa shape index (κ3) is 6.87. The van der Waals surface area contributed by atoms with Crippen LogP contribution in [-0.4, -0.2) is 50.8 Å². The Hall–Kier alpha value is -3.30. The number of benzene rings is 1. The first-order valence-electron chi connectivity index (χ1n) is 8.70. The van der Waals surface area contributed by atoms with Crippen LogP contribution in [0.1, 0.15) is 20.7 Å². The molecule has 0 aliphatic carbocycles. The predicted octanol–water partition coefficient (Wildman–Crippen LogP) is 3.46. The van der Waals surface area contributed by atoms with Crippen molar-refractivity contribution in [3.63, 3.8) is 0 Å². The van der Waals surface area contributed by atoms with Crippen LogP contribution in [0.15, 0.2) is 65.8 Å². The lowest BCUT2D eigenvalue weighted by Crippen LogP contribution is -2.01. The van der Waals surface area contributed by atoms with Crippen LogP contribution in [0.5, 0.6) is 0 Å². The second kappa shape index (κ2) is 10.6. The first kappa shape index (κ1) is 24.0. The number of esters is 2. The maximum Gasteiger partial charge on any atom is 0.338 e.